The van der Waals surface area contributed by atoms with E-state index in [0.717, 1.165) is 7.17 Å². The highest BCUT2D eigenvalue weighted by molar-refractivity contribution is 7.31. The molecule has 1 heterocycles. The van der Waals surface area contributed by atoms with Gasteiger partial charge in [0.15, 0.2) is 0 Å². The van der Waals surface area contributed by atoms with Gasteiger partial charge in [0.25, 0.3) is 0 Å². The van der Waals surface area contributed by atoms with Gasteiger partial charge in [0, 0.05) is 14.7 Å². The molecule has 1 rings (SSSR count). The standard InChI is InChI=1S/C7H16B2FO2P/c1-4-5(3-11-13-2)12-7(9-8)6(4)10/h4-7,9,13H,3,8H2,1-2H3/t4-,5+,6?,7+/m0/s1. The normalized spacial score (nSPS) is 40.2. The van der Waals surface area contributed by atoms with Crippen molar-refractivity contribution in [2.24, 2.45) is 5.92 Å². The van der Waals surface area contributed by atoms with Crippen LogP contribution >= 0.6 is 8.81 Å². The molecule has 0 radical (unpaired) electrons. The maximum Gasteiger partial charge on any atom is 0.123 e. The van der Waals surface area contributed by atoms with Crippen LogP contribution in [-0.4, -0.2) is 46.5 Å². The summed E-state index contributed by atoms with van der Waals surface area (Å²) < 4.78 is 24.3. The molecule has 0 N–H and O–H groups in total. The van der Waals surface area contributed by atoms with Gasteiger partial charge in [-0.15, -0.1) is 0 Å². The predicted molar refractivity (Wildman–Crippen MR) is 58.6 cm³/mol. The Morgan fingerprint density at radius 1 is 1.69 bits per heavy atom. The molecular formula is C7H16B2FO2P. The van der Waals surface area contributed by atoms with Crippen molar-refractivity contribution in [2.75, 3.05) is 13.3 Å². The third-order valence-corrected chi connectivity index (χ3v) is 3.04. The van der Waals surface area contributed by atoms with Crippen LogP contribution in [0.3, 0.4) is 0 Å². The van der Waals surface area contributed by atoms with E-state index in [4.69, 9.17) is 9.26 Å². The van der Waals surface area contributed by atoms with Gasteiger partial charge >= 0.3 is 0 Å². The quantitative estimate of drug-likeness (QED) is 0.470. The van der Waals surface area contributed by atoms with Crippen molar-refractivity contribution in [1.29, 1.82) is 0 Å². The molecule has 74 valence electrons. The lowest BCUT2D eigenvalue weighted by Gasteiger charge is -2.14. The average Bonchev–Trinajstić information content (AvgIpc) is 2.41. The van der Waals surface area contributed by atoms with Crippen LogP contribution in [0.4, 0.5) is 4.39 Å². The lowest BCUT2D eigenvalue weighted by molar-refractivity contribution is 0.0393. The monoisotopic (exact) mass is 204 g/mol. The first-order chi connectivity index (χ1) is 6.20. The fourth-order valence-corrected chi connectivity index (χ4v) is 1.98. The molecule has 0 aromatic rings. The Kier molecular flexibility index (Phi) is 4.71. The lowest BCUT2D eigenvalue weighted by atomic mass is 9.50. The second kappa shape index (κ2) is 5.33. The van der Waals surface area contributed by atoms with Crippen molar-refractivity contribution in [3.05, 3.63) is 0 Å². The van der Waals surface area contributed by atoms with Crippen molar-refractivity contribution in [3.8, 4) is 0 Å². The van der Waals surface area contributed by atoms with Crippen LogP contribution < -0.4 is 0 Å². The first kappa shape index (κ1) is 11.5. The smallest absolute Gasteiger partial charge is 0.123 e. The fourth-order valence-electron chi connectivity index (χ4n) is 1.65. The van der Waals surface area contributed by atoms with E-state index in [1.807, 2.05) is 21.3 Å². The van der Waals surface area contributed by atoms with Gasteiger partial charge in [0.2, 0.25) is 0 Å². The molecule has 0 amide bonds. The van der Waals surface area contributed by atoms with Crippen molar-refractivity contribution >= 4 is 23.7 Å². The Labute approximate surface area is 82.4 Å². The van der Waals surface area contributed by atoms with Gasteiger partial charge in [-0.3, -0.25) is 0 Å². The molecule has 1 aliphatic rings. The maximum atomic E-state index is 13.5. The summed E-state index contributed by atoms with van der Waals surface area (Å²) in [4.78, 5) is 0. The Balaban J connectivity index is 2.40. The van der Waals surface area contributed by atoms with Crippen LogP contribution in [0, 0.1) is 5.92 Å². The molecule has 1 fully saturated rings. The van der Waals surface area contributed by atoms with Crippen molar-refractivity contribution in [3.63, 3.8) is 0 Å². The van der Waals surface area contributed by atoms with E-state index in [0.29, 0.717) is 15.4 Å². The molecule has 2 unspecified atom stereocenters. The highest BCUT2D eigenvalue weighted by atomic mass is 31.1. The van der Waals surface area contributed by atoms with Gasteiger partial charge in [0.05, 0.1) is 26.5 Å². The number of ether oxygens (including phenoxy) is 1. The molecule has 1 saturated heterocycles. The van der Waals surface area contributed by atoms with E-state index < -0.39 is 6.17 Å². The summed E-state index contributed by atoms with van der Waals surface area (Å²) in [7, 11) is 3.16. The molecular weight excluding hydrogens is 188 g/mol. The molecule has 0 spiro atoms. The van der Waals surface area contributed by atoms with Gasteiger partial charge in [-0.05, 0) is 6.66 Å². The first-order valence-corrected chi connectivity index (χ1v) is 6.19. The topological polar surface area (TPSA) is 18.5 Å². The van der Waals surface area contributed by atoms with Crippen LogP contribution in [0.1, 0.15) is 6.92 Å². The second-order valence-corrected chi connectivity index (χ2v) is 4.14. The average molecular weight is 204 g/mol. The third-order valence-electron chi connectivity index (χ3n) is 2.59. The molecule has 0 bridgehead atoms. The largest absolute Gasteiger partial charge is 0.379 e. The van der Waals surface area contributed by atoms with E-state index in [1.165, 1.54) is 0 Å². The third kappa shape index (κ3) is 2.68. The predicted octanol–water partition coefficient (Wildman–Crippen LogP) is -0.0900. The van der Waals surface area contributed by atoms with Crippen molar-refractivity contribution < 1.29 is 13.7 Å². The minimum absolute atomic E-state index is 0.0266. The number of alkyl halides is 1. The summed E-state index contributed by atoms with van der Waals surface area (Å²) in [6.45, 7) is 4.39. The summed E-state index contributed by atoms with van der Waals surface area (Å²) in [5, 5.41) is 0. The molecule has 5 atom stereocenters. The second-order valence-electron chi connectivity index (χ2n) is 3.44. The summed E-state index contributed by atoms with van der Waals surface area (Å²) in [5.74, 6) is -0.0266. The van der Waals surface area contributed by atoms with Crippen molar-refractivity contribution in [2.45, 2.75) is 25.2 Å². The van der Waals surface area contributed by atoms with E-state index in [9.17, 15) is 4.39 Å². The molecule has 13 heavy (non-hydrogen) atoms. The van der Waals surface area contributed by atoms with Crippen LogP contribution in [0.2, 0.25) is 0 Å². The molecule has 6 heteroatoms. The van der Waals surface area contributed by atoms with E-state index in [-0.39, 0.29) is 18.0 Å². The molecule has 1 aliphatic heterocycles. The van der Waals surface area contributed by atoms with Gasteiger partial charge < -0.3 is 9.26 Å². The zero-order chi connectivity index (χ0) is 9.84. The van der Waals surface area contributed by atoms with Crippen LogP contribution in [0.5, 0.6) is 0 Å². The van der Waals surface area contributed by atoms with Crippen LogP contribution in [0.15, 0.2) is 0 Å². The zero-order valence-corrected chi connectivity index (χ0v) is 9.42. The Hall–Kier alpha value is 0.410. The van der Waals surface area contributed by atoms with Gasteiger partial charge in [0.1, 0.15) is 13.3 Å². The van der Waals surface area contributed by atoms with Gasteiger partial charge in [-0.25, -0.2) is 4.39 Å². The molecule has 0 saturated carbocycles. The lowest BCUT2D eigenvalue weighted by Crippen LogP contribution is -2.27. The van der Waals surface area contributed by atoms with E-state index >= 15 is 0 Å². The summed E-state index contributed by atoms with van der Waals surface area (Å²) >= 11 is 0. The number of hydrogen-bond acceptors (Lipinski definition) is 2. The Bertz CT molecular complexity index is 163. The molecule has 0 aromatic heterocycles. The van der Waals surface area contributed by atoms with Gasteiger partial charge in [-0.2, -0.15) is 0 Å². The number of rotatable bonds is 4. The highest BCUT2D eigenvalue weighted by Gasteiger charge is 2.40. The maximum absolute atomic E-state index is 13.5. The minimum Gasteiger partial charge on any atom is -0.379 e. The summed E-state index contributed by atoms with van der Waals surface area (Å²) in [6.07, 6.45) is -0.869. The van der Waals surface area contributed by atoms with Crippen LogP contribution in [-0.2, 0) is 9.26 Å². The molecule has 0 aromatic carbocycles. The fraction of sp³-hybridized carbons (Fsp3) is 1.00. The summed E-state index contributed by atoms with van der Waals surface area (Å²) in [6, 6.07) is -0.219. The molecule has 0 aliphatic carbocycles. The van der Waals surface area contributed by atoms with Crippen LogP contribution in [0.25, 0.3) is 0 Å². The highest BCUT2D eigenvalue weighted by Crippen LogP contribution is 2.29. The minimum atomic E-state index is -0.821. The van der Waals surface area contributed by atoms with Gasteiger partial charge in [-0.1, -0.05) is 6.92 Å². The summed E-state index contributed by atoms with van der Waals surface area (Å²) in [5.41, 5.74) is 0. The SMILES string of the molecule is BB[C@@H]1O[C@H](COPC)[C@H](C)C1F. The Morgan fingerprint density at radius 2 is 2.38 bits per heavy atom. The van der Waals surface area contributed by atoms with E-state index in [2.05, 4.69) is 0 Å². The number of halogens is 1. The van der Waals surface area contributed by atoms with Crippen molar-refractivity contribution in [1.82, 2.24) is 0 Å². The van der Waals surface area contributed by atoms with E-state index in [1.54, 1.807) is 0 Å². The molecule has 2 nitrogen and oxygen atoms in total. The zero-order valence-electron chi connectivity index (χ0n) is 8.42. The Morgan fingerprint density at radius 3 is 2.85 bits per heavy atom. The first-order valence-electron chi connectivity index (χ1n) is 4.78. The number of hydrogen-bond donors (Lipinski definition) is 0.